The molecule has 1 aliphatic heterocycles. The van der Waals surface area contributed by atoms with Gasteiger partial charge in [-0.2, -0.15) is 0 Å². The van der Waals surface area contributed by atoms with Crippen LogP contribution < -0.4 is 0 Å². The molecule has 0 radical (unpaired) electrons. The molecule has 3 aromatic rings. The Balaban J connectivity index is 1.40. The number of aryl methyl sites for hydroxylation is 1. The van der Waals surface area contributed by atoms with Crippen molar-refractivity contribution in [3.63, 3.8) is 0 Å². The van der Waals surface area contributed by atoms with E-state index in [2.05, 4.69) is 27.1 Å². The van der Waals surface area contributed by atoms with Crippen molar-refractivity contribution in [2.75, 3.05) is 0 Å². The van der Waals surface area contributed by atoms with E-state index < -0.39 is 11.8 Å². The van der Waals surface area contributed by atoms with Crippen molar-refractivity contribution >= 4 is 29.1 Å². The SMILES string of the molecule is Cc1csc([C@H]2CC[C@H](c3nnc4n3-c3ccc(Cl)cc3CN(OC(=O)OC(C)(C)C)C4)CC2)n1. The second kappa shape index (κ2) is 9.52. The number of ether oxygens (including phenoxy) is 1. The zero-order chi connectivity index (χ0) is 24.7. The minimum absolute atomic E-state index is 0.298. The third-order valence-corrected chi connectivity index (χ3v) is 7.73. The van der Waals surface area contributed by atoms with Gasteiger partial charge in [-0.15, -0.1) is 26.6 Å². The number of carbonyl (C=O) groups is 1. The predicted octanol–water partition coefficient (Wildman–Crippen LogP) is 6.31. The Hall–Kier alpha value is -2.49. The fraction of sp³-hybridized carbons (Fsp3) is 0.520. The molecular formula is C25H30ClN5O3S. The average molecular weight is 516 g/mol. The molecule has 0 amide bonds. The fourth-order valence-electron chi connectivity index (χ4n) is 4.86. The lowest BCUT2D eigenvalue weighted by Gasteiger charge is -2.27. The fourth-order valence-corrected chi connectivity index (χ4v) is 6.02. The van der Waals surface area contributed by atoms with E-state index in [0.29, 0.717) is 29.9 Å². The lowest BCUT2D eigenvalue weighted by atomic mass is 9.82. The Morgan fingerprint density at radius 3 is 2.54 bits per heavy atom. The Kier molecular flexibility index (Phi) is 6.59. The highest BCUT2D eigenvalue weighted by molar-refractivity contribution is 7.09. The van der Waals surface area contributed by atoms with Gasteiger partial charge in [0.15, 0.2) is 5.82 Å². The molecular weight excluding hydrogens is 486 g/mol. The minimum atomic E-state index is -0.745. The second-order valence-corrected chi connectivity index (χ2v) is 11.6. The molecule has 0 N–H and O–H groups in total. The third-order valence-electron chi connectivity index (χ3n) is 6.37. The number of carbonyl (C=O) groups excluding carboxylic acids is 1. The zero-order valence-electron chi connectivity index (χ0n) is 20.5. The van der Waals surface area contributed by atoms with Crippen LogP contribution in [0.4, 0.5) is 4.79 Å². The summed E-state index contributed by atoms with van der Waals surface area (Å²) in [6.07, 6.45) is 3.48. The van der Waals surface area contributed by atoms with Crippen LogP contribution in [-0.2, 0) is 22.7 Å². The maximum Gasteiger partial charge on any atom is 0.528 e. The van der Waals surface area contributed by atoms with Crippen LogP contribution in [0.3, 0.4) is 0 Å². The third kappa shape index (κ3) is 5.37. The molecule has 1 aliphatic carbocycles. The summed E-state index contributed by atoms with van der Waals surface area (Å²) in [6.45, 7) is 8.13. The van der Waals surface area contributed by atoms with Crippen LogP contribution in [-0.4, -0.2) is 36.6 Å². The van der Waals surface area contributed by atoms with Gasteiger partial charge in [0.2, 0.25) is 0 Å². The summed E-state index contributed by atoms with van der Waals surface area (Å²) in [4.78, 5) is 22.6. The van der Waals surface area contributed by atoms with Crippen molar-refractivity contribution in [2.24, 2.45) is 0 Å². The number of thiazole rings is 1. The van der Waals surface area contributed by atoms with Gasteiger partial charge in [0.1, 0.15) is 11.4 Å². The number of hydroxylamine groups is 2. The number of aromatic nitrogens is 4. The molecule has 0 unspecified atom stereocenters. The molecule has 2 aliphatic rings. The average Bonchev–Trinajstić information content (AvgIpc) is 3.36. The molecule has 1 aromatic carbocycles. The monoisotopic (exact) mass is 515 g/mol. The Labute approximate surface area is 214 Å². The second-order valence-electron chi connectivity index (χ2n) is 10.3. The lowest BCUT2D eigenvalue weighted by Crippen LogP contribution is -2.31. The molecule has 1 fully saturated rings. The molecule has 2 aromatic heterocycles. The van der Waals surface area contributed by atoms with Gasteiger partial charge in [0, 0.05) is 27.9 Å². The van der Waals surface area contributed by atoms with Crippen LogP contribution in [0.1, 0.15) is 86.2 Å². The van der Waals surface area contributed by atoms with Gasteiger partial charge < -0.3 is 9.57 Å². The molecule has 1 saturated carbocycles. The Bertz CT molecular complexity index is 1230. The predicted molar refractivity (Wildman–Crippen MR) is 134 cm³/mol. The summed E-state index contributed by atoms with van der Waals surface area (Å²) in [6, 6.07) is 5.78. The molecule has 10 heteroatoms. The van der Waals surface area contributed by atoms with Crippen LogP contribution in [0.5, 0.6) is 0 Å². The zero-order valence-corrected chi connectivity index (χ0v) is 22.0. The topological polar surface area (TPSA) is 82.4 Å². The van der Waals surface area contributed by atoms with Gasteiger partial charge in [-0.25, -0.2) is 9.78 Å². The highest BCUT2D eigenvalue weighted by Crippen LogP contribution is 2.42. The van der Waals surface area contributed by atoms with E-state index in [4.69, 9.17) is 26.2 Å². The molecule has 5 rings (SSSR count). The summed E-state index contributed by atoms with van der Waals surface area (Å²) in [7, 11) is 0. The normalized spacial score (nSPS) is 20.6. The molecule has 0 atom stereocenters. The number of benzene rings is 1. The van der Waals surface area contributed by atoms with Crippen LogP contribution in [0, 0.1) is 6.92 Å². The first kappa shape index (κ1) is 24.2. The number of hydrogen-bond donors (Lipinski definition) is 0. The maximum absolute atomic E-state index is 12.4. The van der Waals surface area contributed by atoms with Crippen LogP contribution in [0.15, 0.2) is 23.6 Å². The molecule has 0 spiro atoms. The van der Waals surface area contributed by atoms with Crippen molar-refractivity contribution in [1.29, 1.82) is 0 Å². The van der Waals surface area contributed by atoms with E-state index in [0.717, 1.165) is 54.3 Å². The molecule has 0 saturated heterocycles. The van der Waals surface area contributed by atoms with Gasteiger partial charge in [-0.05, 0) is 77.1 Å². The standard InChI is InChI=1S/C25H30ClN5O3S/c1-15-14-35-23(27-15)17-7-5-16(6-8-17)22-29-28-21-13-30(34-24(32)33-25(2,3)4)12-18-11-19(26)9-10-20(18)31(21)22/h9-11,14,16-17H,5-8,12-13H2,1-4H3/t16-,17-. The molecule has 35 heavy (non-hydrogen) atoms. The van der Waals surface area contributed by atoms with Crippen molar-refractivity contribution < 1.29 is 14.4 Å². The van der Waals surface area contributed by atoms with Gasteiger partial charge >= 0.3 is 6.16 Å². The number of hydrogen-bond acceptors (Lipinski definition) is 8. The highest BCUT2D eigenvalue weighted by Gasteiger charge is 2.33. The minimum Gasteiger partial charge on any atom is -0.427 e. The van der Waals surface area contributed by atoms with E-state index in [9.17, 15) is 4.79 Å². The maximum atomic E-state index is 12.4. The van der Waals surface area contributed by atoms with E-state index >= 15 is 0 Å². The largest absolute Gasteiger partial charge is 0.528 e. The summed E-state index contributed by atoms with van der Waals surface area (Å²) < 4.78 is 7.48. The summed E-state index contributed by atoms with van der Waals surface area (Å²) in [5.74, 6) is 2.49. The van der Waals surface area contributed by atoms with Gasteiger partial charge in [0.05, 0.1) is 23.8 Å². The number of nitrogens with zero attached hydrogens (tertiary/aromatic N) is 5. The van der Waals surface area contributed by atoms with Gasteiger partial charge in [0.25, 0.3) is 0 Å². The van der Waals surface area contributed by atoms with Crippen molar-refractivity contribution in [2.45, 2.75) is 83.9 Å². The highest BCUT2D eigenvalue weighted by atomic mass is 35.5. The molecule has 3 heterocycles. The van der Waals surface area contributed by atoms with Crippen molar-refractivity contribution in [3.05, 3.63) is 56.5 Å². The number of fused-ring (bicyclic) bond motifs is 3. The first-order chi connectivity index (χ1) is 16.7. The van der Waals surface area contributed by atoms with Crippen LogP contribution in [0.25, 0.3) is 5.69 Å². The molecule has 0 bridgehead atoms. The number of halogens is 1. The summed E-state index contributed by atoms with van der Waals surface area (Å²) >= 11 is 8.11. The van der Waals surface area contributed by atoms with E-state index in [1.54, 1.807) is 37.2 Å². The summed E-state index contributed by atoms with van der Waals surface area (Å²) in [5.41, 5.74) is 2.36. The Morgan fingerprint density at radius 2 is 1.86 bits per heavy atom. The van der Waals surface area contributed by atoms with E-state index in [-0.39, 0.29) is 0 Å². The first-order valence-electron chi connectivity index (χ1n) is 12.0. The van der Waals surface area contributed by atoms with Crippen molar-refractivity contribution in [3.8, 4) is 5.69 Å². The van der Waals surface area contributed by atoms with Gasteiger partial charge in [-0.1, -0.05) is 11.6 Å². The smallest absolute Gasteiger partial charge is 0.427 e. The molecule has 8 nitrogen and oxygen atoms in total. The van der Waals surface area contributed by atoms with E-state index in [1.807, 2.05) is 18.2 Å². The van der Waals surface area contributed by atoms with Gasteiger partial charge in [-0.3, -0.25) is 4.57 Å². The lowest BCUT2D eigenvalue weighted by molar-refractivity contribution is -0.155. The van der Waals surface area contributed by atoms with Crippen LogP contribution in [0.2, 0.25) is 5.02 Å². The van der Waals surface area contributed by atoms with Crippen molar-refractivity contribution in [1.82, 2.24) is 24.8 Å². The first-order valence-corrected chi connectivity index (χ1v) is 13.2. The van der Waals surface area contributed by atoms with Crippen LogP contribution >= 0.6 is 22.9 Å². The Morgan fingerprint density at radius 1 is 1.11 bits per heavy atom. The summed E-state index contributed by atoms with van der Waals surface area (Å²) in [5, 5.41) is 14.7. The molecule has 186 valence electrons. The number of rotatable bonds is 3. The van der Waals surface area contributed by atoms with E-state index in [1.165, 1.54) is 5.01 Å². The quantitative estimate of drug-likeness (QED) is 0.378.